The first-order valence-electron chi connectivity index (χ1n) is 9.76. The molecule has 0 aliphatic carbocycles. The fourth-order valence-electron chi connectivity index (χ4n) is 3.37. The minimum absolute atomic E-state index is 0.250. The van der Waals surface area contributed by atoms with Gasteiger partial charge in [0, 0.05) is 19.0 Å². The van der Waals surface area contributed by atoms with Crippen LogP contribution in [0.2, 0.25) is 0 Å². The second-order valence-corrected chi connectivity index (χ2v) is 6.80. The molecule has 0 saturated carbocycles. The zero-order valence-corrected chi connectivity index (χ0v) is 17.8. The summed E-state index contributed by atoms with van der Waals surface area (Å²) in [6.45, 7) is 4.88. The number of benzene rings is 1. The first kappa shape index (κ1) is 22.4. The molecule has 3 aromatic rings. The van der Waals surface area contributed by atoms with E-state index in [2.05, 4.69) is 39.4 Å². The lowest BCUT2D eigenvalue weighted by Gasteiger charge is -2.32. The Bertz CT molecular complexity index is 1010. The maximum atomic E-state index is 8.36. The van der Waals surface area contributed by atoms with Gasteiger partial charge in [-0.3, -0.25) is 4.79 Å². The molecule has 1 aliphatic rings. The van der Waals surface area contributed by atoms with Crippen LogP contribution in [0.15, 0.2) is 24.3 Å². The summed E-state index contributed by atoms with van der Waals surface area (Å²) in [5, 5.41) is 20.6. The minimum Gasteiger partial charge on any atom is -0.494 e. The maximum absolute atomic E-state index is 8.36. The van der Waals surface area contributed by atoms with E-state index >= 15 is 0 Å². The maximum Gasteiger partial charge on any atom is 0.290 e. The Balaban J connectivity index is 0.000000858. The number of rotatable bonds is 6. The summed E-state index contributed by atoms with van der Waals surface area (Å²) in [4.78, 5) is 17.0. The van der Waals surface area contributed by atoms with Crippen molar-refractivity contribution in [1.82, 2.24) is 25.2 Å². The van der Waals surface area contributed by atoms with Crippen LogP contribution in [0.1, 0.15) is 17.5 Å². The summed E-state index contributed by atoms with van der Waals surface area (Å²) in [6.07, 6.45) is -0.250. The predicted molar refractivity (Wildman–Crippen MR) is 112 cm³/mol. The second kappa shape index (κ2) is 10.6. The fraction of sp³-hybridized carbons (Fsp3) is 0.450. The van der Waals surface area contributed by atoms with E-state index in [0.29, 0.717) is 32.1 Å². The minimum atomic E-state index is -0.250. The van der Waals surface area contributed by atoms with Crippen LogP contribution >= 0.6 is 0 Å². The first-order valence-corrected chi connectivity index (χ1v) is 9.76. The third kappa shape index (κ3) is 5.25. The number of anilines is 1. The fourth-order valence-corrected chi connectivity index (χ4v) is 3.37. The number of nitrogens with zero attached hydrogens (tertiary/aromatic N) is 6. The van der Waals surface area contributed by atoms with Gasteiger partial charge in [-0.05, 0) is 29.8 Å². The smallest absolute Gasteiger partial charge is 0.290 e. The number of aromatic nitrogens is 5. The number of methoxy groups -OCH3 is 2. The number of hydrogen-bond donors (Lipinski definition) is 1. The third-order valence-corrected chi connectivity index (χ3v) is 4.86. The van der Waals surface area contributed by atoms with Gasteiger partial charge in [-0.25, -0.2) is 4.98 Å². The molecule has 2 aromatic heterocycles. The molecule has 1 atom stereocenters. The highest BCUT2D eigenvalue weighted by Gasteiger charge is 2.27. The largest absolute Gasteiger partial charge is 0.494 e. The van der Waals surface area contributed by atoms with Gasteiger partial charge in [0.15, 0.2) is 0 Å². The summed E-state index contributed by atoms with van der Waals surface area (Å²) >= 11 is 0. The molecule has 1 fully saturated rings. The van der Waals surface area contributed by atoms with E-state index in [1.807, 2.05) is 12.1 Å². The average molecular weight is 430 g/mol. The molecule has 11 nitrogen and oxygen atoms in total. The van der Waals surface area contributed by atoms with Gasteiger partial charge in [-0.1, -0.05) is 12.1 Å². The Labute approximate surface area is 179 Å². The van der Waals surface area contributed by atoms with E-state index in [-0.39, 0.29) is 12.6 Å². The van der Waals surface area contributed by atoms with Crippen molar-refractivity contribution >= 4 is 23.2 Å². The molecule has 166 valence electrons. The van der Waals surface area contributed by atoms with Crippen molar-refractivity contribution < 1.29 is 24.1 Å². The molecule has 0 spiro atoms. The average Bonchev–Trinajstić information content (AvgIpc) is 3.27. The zero-order valence-electron chi connectivity index (χ0n) is 17.8. The summed E-state index contributed by atoms with van der Waals surface area (Å²) in [6, 6.07) is 8.09. The number of carbonyl (C=O) groups is 1. The molecule has 0 amide bonds. The normalized spacial score (nSPS) is 16.0. The molecule has 1 saturated heterocycles. The molecule has 4 rings (SSSR count). The van der Waals surface area contributed by atoms with Gasteiger partial charge in [0.2, 0.25) is 5.82 Å². The van der Waals surface area contributed by atoms with E-state index in [1.165, 1.54) is 4.80 Å². The Morgan fingerprint density at radius 1 is 1.35 bits per heavy atom. The van der Waals surface area contributed by atoms with E-state index in [1.54, 1.807) is 14.2 Å². The van der Waals surface area contributed by atoms with Gasteiger partial charge in [-0.2, -0.15) is 4.80 Å². The van der Waals surface area contributed by atoms with Crippen molar-refractivity contribution in [2.75, 3.05) is 45.4 Å². The molecule has 1 unspecified atom stereocenters. The zero-order chi connectivity index (χ0) is 22.2. The van der Waals surface area contributed by atoms with Crippen molar-refractivity contribution in [1.29, 1.82) is 0 Å². The van der Waals surface area contributed by atoms with Crippen molar-refractivity contribution in [3.63, 3.8) is 0 Å². The molecule has 1 N–H and O–H groups in total. The van der Waals surface area contributed by atoms with E-state index in [4.69, 9.17) is 29.1 Å². The van der Waals surface area contributed by atoms with Crippen molar-refractivity contribution in [3.05, 3.63) is 35.7 Å². The Kier molecular flexibility index (Phi) is 7.68. The molecular weight excluding hydrogens is 404 g/mol. The number of hydrogen-bond acceptors (Lipinski definition) is 9. The van der Waals surface area contributed by atoms with Gasteiger partial charge in [0.1, 0.15) is 23.2 Å². The first-order chi connectivity index (χ1) is 15.1. The molecule has 1 aromatic carbocycles. The van der Waals surface area contributed by atoms with Gasteiger partial charge in [0.05, 0.1) is 33.4 Å². The lowest BCUT2D eigenvalue weighted by atomic mass is 10.1. The van der Waals surface area contributed by atoms with E-state index in [0.717, 1.165) is 34.6 Å². The molecule has 11 heteroatoms. The van der Waals surface area contributed by atoms with Crippen LogP contribution in [-0.4, -0.2) is 77.3 Å². The molecule has 3 heterocycles. The van der Waals surface area contributed by atoms with Crippen LogP contribution in [-0.2, 0) is 20.8 Å². The highest BCUT2D eigenvalue weighted by molar-refractivity contribution is 5.88. The van der Waals surface area contributed by atoms with Crippen LogP contribution in [0.4, 0.5) is 5.82 Å². The number of aryl methyl sites for hydroxylation is 1. The van der Waals surface area contributed by atoms with Crippen LogP contribution in [0.5, 0.6) is 5.75 Å². The third-order valence-electron chi connectivity index (χ3n) is 4.86. The Hall–Kier alpha value is -3.31. The second-order valence-electron chi connectivity index (χ2n) is 6.80. The Morgan fingerprint density at radius 2 is 2.16 bits per heavy atom. The van der Waals surface area contributed by atoms with Gasteiger partial charge < -0.3 is 24.2 Å². The number of morpholine rings is 1. The summed E-state index contributed by atoms with van der Waals surface area (Å²) < 4.78 is 16.4. The van der Waals surface area contributed by atoms with Gasteiger partial charge in [0.25, 0.3) is 6.47 Å². The highest BCUT2D eigenvalue weighted by atomic mass is 16.5. The number of para-hydroxylation sites is 1. The number of fused-ring (bicyclic) bond motifs is 1. The molecular formula is C20H26N6O5. The number of carboxylic acid groups (broad SMARTS) is 1. The van der Waals surface area contributed by atoms with E-state index in [9.17, 15) is 0 Å². The van der Waals surface area contributed by atoms with Crippen molar-refractivity contribution in [2.45, 2.75) is 19.6 Å². The number of pyridine rings is 1. The topological polar surface area (TPSA) is 125 Å². The SMILES string of the molecule is COCCn1nnc(C2CN(c3cc(C)c4cccc(OC)c4n3)CCO2)n1.O=CO. The van der Waals surface area contributed by atoms with Gasteiger partial charge >= 0.3 is 0 Å². The molecule has 1 aliphatic heterocycles. The summed E-state index contributed by atoms with van der Waals surface area (Å²) in [7, 11) is 3.31. The van der Waals surface area contributed by atoms with Crippen LogP contribution < -0.4 is 9.64 Å². The molecule has 0 radical (unpaired) electrons. The van der Waals surface area contributed by atoms with Crippen molar-refractivity contribution in [2.24, 2.45) is 0 Å². The molecule has 0 bridgehead atoms. The van der Waals surface area contributed by atoms with Crippen LogP contribution in [0, 0.1) is 6.92 Å². The number of tetrazole rings is 1. The van der Waals surface area contributed by atoms with E-state index < -0.39 is 0 Å². The lowest BCUT2D eigenvalue weighted by molar-refractivity contribution is -0.122. The standard InChI is InChI=1S/C19H24N6O3.CH2O2/c1-13-11-17(20-18-14(13)5-4-6-15(18)27-3)24-7-10-28-16(12-24)19-21-23-25(22-19)8-9-26-2;2-1-3/h4-6,11,16H,7-10,12H2,1-3H3;1H,(H,2,3). The van der Waals surface area contributed by atoms with Crippen LogP contribution in [0.25, 0.3) is 10.9 Å². The Morgan fingerprint density at radius 3 is 2.90 bits per heavy atom. The van der Waals surface area contributed by atoms with Crippen LogP contribution in [0.3, 0.4) is 0 Å². The monoisotopic (exact) mass is 430 g/mol. The highest BCUT2D eigenvalue weighted by Crippen LogP contribution is 2.30. The van der Waals surface area contributed by atoms with Crippen molar-refractivity contribution in [3.8, 4) is 5.75 Å². The summed E-state index contributed by atoms with van der Waals surface area (Å²) in [5.74, 6) is 2.25. The number of ether oxygens (including phenoxy) is 3. The molecule has 31 heavy (non-hydrogen) atoms. The predicted octanol–water partition coefficient (Wildman–Crippen LogP) is 1.46. The lowest BCUT2D eigenvalue weighted by Crippen LogP contribution is -2.39. The van der Waals surface area contributed by atoms with Gasteiger partial charge in [-0.15, -0.1) is 10.2 Å². The summed E-state index contributed by atoms with van der Waals surface area (Å²) in [5.41, 5.74) is 2.03. The quantitative estimate of drug-likeness (QED) is 0.575.